The molecule has 3 nitrogen and oxygen atoms in total. The van der Waals surface area contributed by atoms with Crippen LogP contribution < -0.4 is 4.90 Å². The Hall–Kier alpha value is -0.800. The van der Waals surface area contributed by atoms with E-state index in [2.05, 4.69) is 23.7 Å². The smallest absolute Gasteiger partial charge is 0.129 e. The molecule has 0 radical (unpaired) electrons. The molecular weight excluding hydrogens is 260 g/mol. The monoisotopic (exact) mass is 282 g/mol. The van der Waals surface area contributed by atoms with Crippen molar-refractivity contribution in [2.75, 3.05) is 18.0 Å². The highest BCUT2D eigenvalue weighted by Crippen LogP contribution is 2.38. The molecule has 0 bridgehead atoms. The Balaban J connectivity index is 2.09. The summed E-state index contributed by atoms with van der Waals surface area (Å²) in [5.74, 6) is 0.939. The van der Waals surface area contributed by atoms with Crippen LogP contribution in [0.3, 0.4) is 0 Å². The Labute approximate surface area is 120 Å². The molecule has 0 spiro atoms. The van der Waals surface area contributed by atoms with E-state index in [1.807, 2.05) is 12.1 Å². The van der Waals surface area contributed by atoms with Crippen LogP contribution in [0.2, 0.25) is 5.02 Å². The van der Waals surface area contributed by atoms with Gasteiger partial charge in [-0.25, -0.2) is 4.98 Å². The summed E-state index contributed by atoms with van der Waals surface area (Å²) in [7, 11) is 0. The fourth-order valence-corrected chi connectivity index (χ4v) is 3.09. The maximum Gasteiger partial charge on any atom is 0.129 e. The second kappa shape index (κ2) is 6.10. The van der Waals surface area contributed by atoms with Crippen molar-refractivity contribution < 1.29 is 5.11 Å². The number of aliphatic hydroxyl groups is 1. The maximum absolute atomic E-state index is 9.23. The third-order valence-corrected chi connectivity index (χ3v) is 5.05. The van der Waals surface area contributed by atoms with Gasteiger partial charge in [-0.05, 0) is 30.4 Å². The van der Waals surface area contributed by atoms with Gasteiger partial charge < -0.3 is 10.0 Å². The van der Waals surface area contributed by atoms with Crippen LogP contribution in [0.25, 0.3) is 0 Å². The van der Waals surface area contributed by atoms with Crippen molar-refractivity contribution in [1.82, 2.24) is 4.98 Å². The molecule has 1 aromatic rings. The Morgan fingerprint density at radius 3 is 2.42 bits per heavy atom. The molecule has 0 saturated carbocycles. The van der Waals surface area contributed by atoms with E-state index in [-0.39, 0.29) is 6.61 Å². The average molecular weight is 283 g/mol. The first-order chi connectivity index (χ1) is 9.14. The highest BCUT2D eigenvalue weighted by molar-refractivity contribution is 6.31. The first-order valence-corrected chi connectivity index (χ1v) is 7.53. The third-order valence-electron chi connectivity index (χ3n) is 4.70. The number of hydrogen-bond acceptors (Lipinski definition) is 3. The number of pyridine rings is 1. The molecule has 1 saturated heterocycles. The maximum atomic E-state index is 9.23. The quantitative estimate of drug-likeness (QED) is 0.916. The molecule has 0 unspecified atom stereocenters. The van der Waals surface area contributed by atoms with E-state index in [4.69, 9.17) is 11.6 Å². The summed E-state index contributed by atoms with van der Waals surface area (Å²) in [6, 6.07) is 3.78. The minimum absolute atomic E-state index is 0.103. The number of aromatic nitrogens is 1. The number of piperidine rings is 1. The highest BCUT2D eigenvalue weighted by Gasteiger charge is 2.31. The topological polar surface area (TPSA) is 36.4 Å². The molecule has 0 amide bonds. The van der Waals surface area contributed by atoms with E-state index >= 15 is 0 Å². The zero-order valence-corrected chi connectivity index (χ0v) is 12.6. The van der Waals surface area contributed by atoms with Gasteiger partial charge >= 0.3 is 0 Å². The first-order valence-electron chi connectivity index (χ1n) is 7.15. The van der Waals surface area contributed by atoms with E-state index < -0.39 is 0 Å². The van der Waals surface area contributed by atoms with Crippen LogP contribution in [0.15, 0.2) is 12.1 Å². The van der Waals surface area contributed by atoms with Gasteiger partial charge in [0.2, 0.25) is 0 Å². The molecule has 2 rings (SSSR count). The van der Waals surface area contributed by atoms with Crippen molar-refractivity contribution in [3.8, 4) is 0 Å². The second-order valence-electron chi connectivity index (χ2n) is 5.45. The van der Waals surface area contributed by atoms with Crippen LogP contribution in [0.1, 0.15) is 45.2 Å². The van der Waals surface area contributed by atoms with Gasteiger partial charge in [0, 0.05) is 13.1 Å². The Morgan fingerprint density at radius 1 is 1.26 bits per heavy atom. The van der Waals surface area contributed by atoms with Crippen molar-refractivity contribution in [1.29, 1.82) is 0 Å². The average Bonchev–Trinajstić information content (AvgIpc) is 2.48. The standard InChI is InChI=1S/C15H23ClN2O/c1-3-15(4-2)7-9-18(10-8-15)14-6-5-12(16)13(11-19)17-14/h5-6,19H,3-4,7-11H2,1-2H3. The zero-order chi connectivity index (χ0) is 13.9. The van der Waals surface area contributed by atoms with Crippen LogP contribution in [-0.4, -0.2) is 23.2 Å². The van der Waals surface area contributed by atoms with E-state index in [1.165, 1.54) is 25.7 Å². The van der Waals surface area contributed by atoms with E-state index in [9.17, 15) is 5.11 Å². The van der Waals surface area contributed by atoms with Crippen molar-refractivity contribution in [2.45, 2.75) is 46.1 Å². The van der Waals surface area contributed by atoms with Crippen LogP contribution in [0.5, 0.6) is 0 Å². The lowest BCUT2D eigenvalue weighted by Crippen LogP contribution is -2.40. The molecule has 1 N–H and O–H groups in total. The molecule has 0 aliphatic carbocycles. The van der Waals surface area contributed by atoms with E-state index in [0.29, 0.717) is 16.1 Å². The van der Waals surface area contributed by atoms with Crippen molar-refractivity contribution in [3.63, 3.8) is 0 Å². The fourth-order valence-electron chi connectivity index (χ4n) is 2.93. The minimum Gasteiger partial charge on any atom is -0.390 e. The summed E-state index contributed by atoms with van der Waals surface area (Å²) in [6.45, 7) is 6.57. The minimum atomic E-state index is -0.103. The predicted molar refractivity (Wildman–Crippen MR) is 79.6 cm³/mol. The highest BCUT2D eigenvalue weighted by atomic mass is 35.5. The molecule has 0 aromatic carbocycles. The number of aliphatic hydroxyl groups excluding tert-OH is 1. The van der Waals surface area contributed by atoms with Gasteiger partial charge in [0.1, 0.15) is 5.82 Å². The Kier molecular flexibility index (Phi) is 4.69. The molecule has 0 atom stereocenters. The fraction of sp³-hybridized carbons (Fsp3) is 0.667. The summed E-state index contributed by atoms with van der Waals surface area (Å²) in [4.78, 5) is 6.76. The SMILES string of the molecule is CCC1(CC)CCN(c2ccc(Cl)c(CO)n2)CC1. The van der Waals surface area contributed by atoms with Crippen LogP contribution in [0.4, 0.5) is 5.82 Å². The lowest BCUT2D eigenvalue weighted by molar-refractivity contribution is 0.199. The molecule has 1 fully saturated rings. The third kappa shape index (κ3) is 3.03. The lowest BCUT2D eigenvalue weighted by atomic mass is 9.74. The number of hydrogen-bond donors (Lipinski definition) is 1. The summed E-state index contributed by atoms with van der Waals surface area (Å²) in [5, 5.41) is 9.78. The summed E-state index contributed by atoms with van der Waals surface area (Å²) in [6.07, 6.45) is 4.96. The summed E-state index contributed by atoms with van der Waals surface area (Å²) in [5.41, 5.74) is 1.09. The molecule has 1 aliphatic rings. The number of nitrogens with zero attached hydrogens (tertiary/aromatic N) is 2. The molecule has 2 heterocycles. The van der Waals surface area contributed by atoms with E-state index in [1.54, 1.807) is 0 Å². The molecule has 1 aliphatic heterocycles. The molecule has 106 valence electrons. The van der Waals surface area contributed by atoms with Gasteiger partial charge in [0.15, 0.2) is 0 Å². The van der Waals surface area contributed by atoms with Crippen LogP contribution in [0, 0.1) is 5.41 Å². The van der Waals surface area contributed by atoms with Gasteiger partial charge in [-0.15, -0.1) is 0 Å². The largest absolute Gasteiger partial charge is 0.390 e. The molecule has 4 heteroatoms. The van der Waals surface area contributed by atoms with Crippen molar-refractivity contribution in [2.24, 2.45) is 5.41 Å². The van der Waals surface area contributed by atoms with Gasteiger partial charge in [0.25, 0.3) is 0 Å². The summed E-state index contributed by atoms with van der Waals surface area (Å²) >= 11 is 5.98. The first kappa shape index (κ1) is 14.6. The Bertz CT molecular complexity index is 422. The Morgan fingerprint density at radius 2 is 1.89 bits per heavy atom. The van der Waals surface area contributed by atoms with Crippen LogP contribution >= 0.6 is 11.6 Å². The lowest BCUT2D eigenvalue weighted by Gasteiger charge is -2.41. The van der Waals surface area contributed by atoms with Crippen molar-refractivity contribution >= 4 is 17.4 Å². The number of anilines is 1. The number of halogens is 1. The van der Waals surface area contributed by atoms with Gasteiger partial charge in [-0.1, -0.05) is 38.3 Å². The molecular formula is C15H23ClN2O. The van der Waals surface area contributed by atoms with E-state index in [0.717, 1.165) is 18.9 Å². The van der Waals surface area contributed by atoms with Gasteiger partial charge in [0.05, 0.1) is 17.3 Å². The molecule has 1 aromatic heterocycles. The summed E-state index contributed by atoms with van der Waals surface area (Å²) < 4.78 is 0. The normalized spacial score (nSPS) is 18.6. The number of rotatable bonds is 4. The molecule has 19 heavy (non-hydrogen) atoms. The van der Waals surface area contributed by atoms with Gasteiger partial charge in [-0.2, -0.15) is 0 Å². The zero-order valence-electron chi connectivity index (χ0n) is 11.8. The second-order valence-corrected chi connectivity index (χ2v) is 5.86. The van der Waals surface area contributed by atoms with Crippen molar-refractivity contribution in [3.05, 3.63) is 22.8 Å². The predicted octanol–water partition coefficient (Wildman–Crippen LogP) is 3.63. The van der Waals surface area contributed by atoms with Gasteiger partial charge in [-0.3, -0.25) is 0 Å². The van der Waals surface area contributed by atoms with Crippen LogP contribution in [-0.2, 0) is 6.61 Å².